The van der Waals surface area contributed by atoms with E-state index < -0.39 is 17.9 Å². The standard InChI is InChI=1S/C12H12N2O4/c1-7(2-3-10(15)16)14-11(17)8-4-5-13-6-9(8)12(14)18/h4-7H,2-3H2,1H3,(H,15,16). The summed E-state index contributed by atoms with van der Waals surface area (Å²) in [6.45, 7) is 1.66. The van der Waals surface area contributed by atoms with Crippen molar-refractivity contribution < 1.29 is 19.5 Å². The third-order valence-corrected chi connectivity index (χ3v) is 2.94. The Hall–Kier alpha value is -2.24. The molecule has 94 valence electrons. The summed E-state index contributed by atoms with van der Waals surface area (Å²) in [6, 6.07) is 1.06. The zero-order valence-electron chi connectivity index (χ0n) is 9.79. The molecule has 1 unspecified atom stereocenters. The fraction of sp³-hybridized carbons (Fsp3) is 0.333. The Morgan fingerprint density at radius 3 is 2.67 bits per heavy atom. The van der Waals surface area contributed by atoms with Gasteiger partial charge in [-0.15, -0.1) is 0 Å². The number of carbonyl (C=O) groups is 3. The quantitative estimate of drug-likeness (QED) is 0.801. The lowest BCUT2D eigenvalue weighted by Crippen LogP contribution is -2.38. The third-order valence-electron chi connectivity index (χ3n) is 2.94. The van der Waals surface area contributed by atoms with E-state index in [1.54, 1.807) is 6.92 Å². The molecule has 0 fully saturated rings. The van der Waals surface area contributed by atoms with Gasteiger partial charge in [-0.25, -0.2) is 0 Å². The monoisotopic (exact) mass is 248 g/mol. The lowest BCUT2D eigenvalue weighted by Gasteiger charge is -2.21. The third kappa shape index (κ3) is 1.97. The number of carboxylic acid groups (broad SMARTS) is 1. The first kappa shape index (κ1) is 12.2. The van der Waals surface area contributed by atoms with Crippen molar-refractivity contribution >= 4 is 17.8 Å². The number of rotatable bonds is 4. The summed E-state index contributed by atoms with van der Waals surface area (Å²) in [5, 5.41) is 8.61. The van der Waals surface area contributed by atoms with Gasteiger partial charge >= 0.3 is 5.97 Å². The van der Waals surface area contributed by atoms with Gasteiger partial charge in [0.05, 0.1) is 11.1 Å². The number of aliphatic carboxylic acids is 1. The van der Waals surface area contributed by atoms with Crippen molar-refractivity contribution in [3.05, 3.63) is 29.6 Å². The molecule has 1 N–H and O–H groups in total. The van der Waals surface area contributed by atoms with E-state index in [0.29, 0.717) is 5.56 Å². The summed E-state index contributed by atoms with van der Waals surface area (Å²) < 4.78 is 0. The van der Waals surface area contributed by atoms with Gasteiger partial charge in [-0.1, -0.05) is 0 Å². The first-order valence-electron chi connectivity index (χ1n) is 5.56. The Kier molecular flexibility index (Phi) is 3.10. The van der Waals surface area contributed by atoms with E-state index in [9.17, 15) is 14.4 Å². The minimum Gasteiger partial charge on any atom is -0.481 e. The van der Waals surface area contributed by atoms with Crippen LogP contribution in [0, 0.1) is 0 Å². The van der Waals surface area contributed by atoms with Crippen LogP contribution in [-0.2, 0) is 4.79 Å². The van der Waals surface area contributed by atoms with Crippen LogP contribution in [0.5, 0.6) is 0 Å². The molecule has 1 aliphatic rings. The van der Waals surface area contributed by atoms with Crippen LogP contribution in [0.3, 0.4) is 0 Å². The number of aromatic nitrogens is 1. The fourth-order valence-electron chi connectivity index (χ4n) is 1.96. The first-order chi connectivity index (χ1) is 8.52. The van der Waals surface area contributed by atoms with Crippen LogP contribution in [0.15, 0.2) is 18.5 Å². The van der Waals surface area contributed by atoms with Gasteiger partial charge in [-0.3, -0.25) is 24.3 Å². The predicted octanol–water partition coefficient (Wildman–Crippen LogP) is 0.931. The zero-order valence-corrected chi connectivity index (χ0v) is 9.79. The molecular weight excluding hydrogens is 236 g/mol. The van der Waals surface area contributed by atoms with Crippen molar-refractivity contribution in [2.24, 2.45) is 0 Å². The average Bonchev–Trinajstić information content (AvgIpc) is 2.60. The molecule has 1 aliphatic heterocycles. The van der Waals surface area contributed by atoms with Crippen molar-refractivity contribution in [1.82, 2.24) is 9.88 Å². The van der Waals surface area contributed by atoms with Crippen LogP contribution in [0.1, 0.15) is 40.5 Å². The Labute approximate surface area is 103 Å². The van der Waals surface area contributed by atoms with Gasteiger partial charge in [0.25, 0.3) is 11.8 Å². The summed E-state index contributed by atoms with van der Waals surface area (Å²) in [4.78, 5) is 39.5. The van der Waals surface area contributed by atoms with E-state index in [0.717, 1.165) is 4.90 Å². The zero-order chi connectivity index (χ0) is 13.3. The summed E-state index contributed by atoms with van der Waals surface area (Å²) >= 11 is 0. The summed E-state index contributed by atoms with van der Waals surface area (Å²) in [5.74, 6) is -1.73. The number of pyridine rings is 1. The summed E-state index contributed by atoms with van der Waals surface area (Å²) in [7, 11) is 0. The number of imide groups is 1. The van der Waals surface area contributed by atoms with Crippen LogP contribution in [0.2, 0.25) is 0 Å². The van der Waals surface area contributed by atoms with Crippen LogP contribution in [-0.4, -0.2) is 38.8 Å². The van der Waals surface area contributed by atoms with Crippen LogP contribution < -0.4 is 0 Å². The van der Waals surface area contributed by atoms with Gasteiger partial charge in [0.1, 0.15) is 0 Å². The maximum Gasteiger partial charge on any atom is 0.303 e. The van der Waals surface area contributed by atoms with Gasteiger partial charge < -0.3 is 5.11 Å². The van der Waals surface area contributed by atoms with E-state index in [2.05, 4.69) is 4.98 Å². The Morgan fingerprint density at radius 2 is 2.06 bits per heavy atom. The van der Waals surface area contributed by atoms with Crippen molar-refractivity contribution in [3.63, 3.8) is 0 Å². The molecule has 2 heterocycles. The molecule has 0 saturated carbocycles. The first-order valence-corrected chi connectivity index (χ1v) is 5.56. The molecular formula is C12H12N2O4. The highest BCUT2D eigenvalue weighted by molar-refractivity contribution is 6.21. The molecule has 2 amide bonds. The normalized spacial score (nSPS) is 15.7. The molecule has 6 heteroatoms. The lowest BCUT2D eigenvalue weighted by atomic mass is 10.1. The fourth-order valence-corrected chi connectivity index (χ4v) is 1.96. The molecule has 6 nitrogen and oxygen atoms in total. The van der Waals surface area contributed by atoms with E-state index >= 15 is 0 Å². The number of fused-ring (bicyclic) bond motifs is 1. The minimum absolute atomic E-state index is 0.0766. The molecule has 0 aliphatic carbocycles. The molecule has 0 spiro atoms. The van der Waals surface area contributed by atoms with Crippen molar-refractivity contribution in [2.45, 2.75) is 25.8 Å². The van der Waals surface area contributed by atoms with E-state index in [4.69, 9.17) is 5.11 Å². The van der Waals surface area contributed by atoms with Gasteiger partial charge in [-0.2, -0.15) is 0 Å². The predicted molar refractivity (Wildman–Crippen MR) is 61.1 cm³/mol. The average molecular weight is 248 g/mol. The second-order valence-electron chi connectivity index (χ2n) is 4.18. The van der Waals surface area contributed by atoms with Gasteiger partial charge in [0.15, 0.2) is 0 Å². The van der Waals surface area contributed by atoms with Crippen molar-refractivity contribution in [1.29, 1.82) is 0 Å². The molecule has 18 heavy (non-hydrogen) atoms. The van der Waals surface area contributed by atoms with Gasteiger partial charge in [0.2, 0.25) is 0 Å². The Bertz CT molecular complexity index is 492. The number of carboxylic acids is 1. The molecule has 1 aromatic rings. The molecule has 1 aromatic heterocycles. The summed E-state index contributed by atoms with van der Waals surface area (Å²) in [5.41, 5.74) is 0.613. The molecule has 0 aromatic carbocycles. The topological polar surface area (TPSA) is 87.6 Å². The van der Waals surface area contributed by atoms with E-state index in [-0.39, 0.29) is 24.3 Å². The van der Waals surface area contributed by atoms with Crippen LogP contribution in [0.4, 0.5) is 0 Å². The largest absolute Gasteiger partial charge is 0.481 e. The number of nitrogens with zero attached hydrogens (tertiary/aromatic N) is 2. The number of carbonyl (C=O) groups excluding carboxylic acids is 2. The van der Waals surface area contributed by atoms with Crippen molar-refractivity contribution in [2.75, 3.05) is 0 Å². The number of hydrogen-bond donors (Lipinski definition) is 1. The molecule has 1 atom stereocenters. The highest BCUT2D eigenvalue weighted by Crippen LogP contribution is 2.24. The molecule has 0 radical (unpaired) electrons. The Balaban J connectivity index is 2.20. The smallest absolute Gasteiger partial charge is 0.303 e. The number of hydrogen-bond acceptors (Lipinski definition) is 4. The SMILES string of the molecule is CC(CCC(=O)O)N1C(=O)c2ccncc2C1=O. The molecule has 2 rings (SSSR count). The Morgan fingerprint density at radius 1 is 1.39 bits per heavy atom. The van der Waals surface area contributed by atoms with Crippen molar-refractivity contribution in [3.8, 4) is 0 Å². The maximum atomic E-state index is 12.0. The van der Waals surface area contributed by atoms with Gasteiger partial charge in [0, 0.05) is 24.9 Å². The second-order valence-corrected chi connectivity index (χ2v) is 4.18. The molecule has 0 saturated heterocycles. The number of amides is 2. The lowest BCUT2D eigenvalue weighted by molar-refractivity contribution is -0.137. The van der Waals surface area contributed by atoms with Crippen LogP contribution >= 0.6 is 0 Å². The van der Waals surface area contributed by atoms with Gasteiger partial charge in [-0.05, 0) is 19.4 Å². The van der Waals surface area contributed by atoms with Crippen LogP contribution in [0.25, 0.3) is 0 Å². The minimum atomic E-state index is -0.944. The summed E-state index contributed by atoms with van der Waals surface area (Å²) in [6.07, 6.45) is 2.98. The highest BCUT2D eigenvalue weighted by Gasteiger charge is 2.38. The second kappa shape index (κ2) is 4.56. The van der Waals surface area contributed by atoms with E-state index in [1.165, 1.54) is 18.5 Å². The maximum absolute atomic E-state index is 12.0. The molecule has 0 bridgehead atoms. The highest BCUT2D eigenvalue weighted by atomic mass is 16.4. The van der Waals surface area contributed by atoms with E-state index in [1.807, 2.05) is 0 Å².